The van der Waals surface area contributed by atoms with Gasteiger partial charge in [-0.2, -0.15) is 0 Å². The fourth-order valence-electron chi connectivity index (χ4n) is 1.27. The van der Waals surface area contributed by atoms with E-state index >= 15 is 0 Å². The summed E-state index contributed by atoms with van der Waals surface area (Å²) in [4.78, 5) is 0. The molecule has 0 aromatic heterocycles. The average molecular weight is 181 g/mol. The van der Waals surface area contributed by atoms with Crippen LogP contribution >= 0.6 is 0 Å². The molecule has 1 aromatic rings. The maximum Gasteiger partial charge on any atom is 0.116 e. The highest BCUT2D eigenvalue weighted by molar-refractivity contribution is 5.34. The van der Waals surface area contributed by atoms with Gasteiger partial charge in [-0.05, 0) is 37.1 Å². The molecule has 0 saturated carbocycles. The number of aliphatic hydroxyl groups is 1. The summed E-state index contributed by atoms with van der Waals surface area (Å²) in [7, 11) is 0. The van der Waals surface area contributed by atoms with E-state index in [0.29, 0.717) is 5.56 Å². The van der Waals surface area contributed by atoms with Crippen LogP contribution in [0.15, 0.2) is 18.2 Å². The lowest BCUT2D eigenvalue weighted by molar-refractivity contribution is 0.153. The van der Waals surface area contributed by atoms with Gasteiger partial charge in [0.25, 0.3) is 0 Å². The first-order valence-electron chi connectivity index (χ1n) is 4.25. The molecule has 3 nitrogen and oxygen atoms in total. The number of aryl methyl sites for hydroxylation is 1. The number of rotatable bonds is 2. The zero-order chi connectivity index (χ0) is 10.0. The van der Waals surface area contributed by atoms with Crippen LogP contribution in [0.1, 0.15) is 24.2 Å². The van der Waals surface area contributed by atoms with Crippen molar-refractivity contribution in [2.45, 2.75) is 26.0 Å². The lowest BCUT2D eigenvalue weighted by atomic mass is 10.0. The Morgan fingerprint density at radius 3 is 2.38 bits per heavy atom. The van der Waals surface area contributed by atoms with E-state index in [1.165, 1.54) is 6.07 Å². The largest absolute Gasteiger partial charge is 0.508 e. The second kappa shape index (κ2) is 3.77. The average Bonchev–Trinajstić information content (AvgIpc) is 2.01. The number of phenolic OH excluding ortho intramolecular Hbond substituents is 1. The molecule has 0 heterocycles. The number of phenols is 1. The van der Waals surface area contributed by atoms with Crippen LogP contribution in [-0.4, -0.2) is 16.3 Å². The number of hydrogen-bond acceptors (Lipinski definition) is 3. The van der Waals surface area contributed by atoms with Gasteiger partial charge in [0.1, 0.15) is 5.75 Å². The Balaban J connectivity index is 3.01. The molecule has 2 unspecified atom stereocenters. The summed E-state index contributed by atoms with van der Waals surface area (Å²) in [5.41, 5.74) is 7.11. The van der Waals surface area contributed by atoms with Crippen LogP contribution in [0.25, 0.3) is 0 Å². The fraction of sp³-hybridized carbons (Fsp3) is 0.400. The van der Waals surface area contributed by atoms with Crippen molar-refractivity contribution >= 4 is 0 Å². The second-order valence-corrected chi connectivity index (χ2v) is 3.41. The third-order valence-electron chi connectivity index (χ3n) is 1.92. The van der Waals surface area contributed by atoms with Gasteiger partial charge in [0.2, 0.25) is 0 Å². The van der Waals surface area contributed by atoms with Gasteiger partial charge >= 0.3 is 0 Å². The maximum atomic E-state index is 9.61. The molecule has 2 atom stereocenters. The Morgan fingerprint density at radius 1 is 1.31 bits per heavy atom. The molecule has 1 aromatic carbocycles. The Kier molecular flexibility index (Phi) is 2.90. The molecule has 0 amide bonds. The van der Waals surface area contributed by atoms with E-state index in [0.717, 1.165) is 5.56 Å². The van der Waals surface area contributed by atoms with E-state index in [1.807, 2.05) is 13.0 Å². The van der Waals surface area contributed by atoms with Crippen LogP contribution < -0.4 is 5.73 Å². The van der Waals surface area contributed by atoms with Crippen molar-refractivity contribution in [2.75, 3.05) is 0 Å². The number of benzene rings is 1. The van der Waals surface area contributed by atoms with Crippen LogP contribution in [0, 0.1) is 6.92 Å². The molecule has 1 rings (SSSR count). The Bertz CT molecular complexity index is 277. The van der Waals surface area contributed by atoms with Crippen LogP contribution in [0.3, 0.4) is 0 Å². The first-order chi connectivity index (χ1) is 6.00. The zero-order valence-electron chi connectivity index (χ0n) is 7.86. The normalized spacial score (nSPS) is 15.4. The van der Waals surface area contributed by atoms with Crippen molar-refractivity contribution in [3.05, 3.63) is 29.3 Å². The molecule has 0 radical (unpaired) electrons. The SMILES string of the molecule is Cc1cc(O)cc(C(O)C(C)N)c1. The predicted octanol–water partition coefficient (Wildman–Crippen LogP) is 1.08. The number of aromatic hydroxyl groups is 1. The van der Waals surface area contributed by atoms with Crippen LogP contribution in [0.4, 0.5) is 0 Å². The molecule has 0 aliphatic heterocycles. The molecule has 0 aliphatic carbocycles. The maximum absolute atomic E-state index is 9.61. The summed E-state index contributed by atoms with van der Waals surface area (Å²) in [6, 6.07) is 4.65. The van der Waals surface area contributed by atoms with Gasteiger partial charge in [0, 0.05) is 6.04 Å². The Morgan fingerprint density at radius 2 is 1.92 bits per heavy atom. The highest BCUT2D eigenvalue weighted by atomic mass is 16.3. The van der Waals surface area contributed by atoms with Crippen molar-refractivity contribution in [1.82, 2.24) is 0 Å². The van der Waals surface area contributed by atoms with Gasteiger partial charge in [0.05, 0.1) is 6.10 Å². The molecule has 0 spiro atoms. The minimum atomic E-state index is -0.717. The summed E-state index contributed by atoms with van der Waals surface area (Å²) in [6.45, 7) is 3.58. The summed E-state index contributed by atoms with van der Waals surface area (Å²) >= 11 is 0. The van der Waals surface area contributed by atoms with Gasteiger partial charge in [0.15, 0.2) is 0 Å². The fourth-order valence-corrected chi connectivity index (χ4v) is 1.27. The first kappa shape index (κ1) is 10.0. The smallest absolute Gasteiger partial charge is 0.116 e. The molecule has 0 saturated heterocycles. The van der Waals surface area contributed by atoms with Crippen molar-refractivity contribution in [2.24, 2.45) is 5.73 Å². The molecule has 0 aliphatic rings. The third kappa shape index (κ3) is 2.44. The van der Waals surface area contributed by atoms with E-state index in [4.69, 9.17) is 5.73 Å². The lowest BCUT2D eigenvalue weighted by Gasteiger charge is -2.15. The molecule has 13 heavy (non-hydrogen) atoms. The van der Waals surface area contributed by atoms with E-state index < -0.39 is 6.10 Å². The van der Waals surface area contributed by atoms with Gasteiger partial charge in [-0.1, -0.05) is 6.07 Å². The van der Waals surface area contributed by atoms with E-state index in [-0.39, 0.29) is 11.8 Å². The molecular weight excluding hydrogens is 166 g/mol. The predicted molar refractivity (Wildman–Crippen MR) is 51.5 cm³/mol. The quantitative estimate of drug-likeness (QED) is 0.639. The van der Waals surface area contributed by atoms with Gasteiger partial charge in [-0.15, -0.1) is 0 Å². The highest BCUT2D eigenvalue weighted by Gasteiger charge is 2.12. The van der Waals surface area contributed by atoms with E-state index in [1.54, 1.807) is 13.0 Å². The molecule has 0 bridgehead atoms. The topological polar surface area (TPSA) is 66.5 Å². The number of hydrogen-bond donors (Lipinski definition) is 3. The lowest BCUT2D eigenvalue weighted by Crippen LogP contribution is -2.24. The van der Waals surface area contributed by atoms with Gasteiger partial charge in [-0.3, -0.25) is 0 Å². The van der Waals surface area contributed by atoms with Crippen LogP contribution in [-0.2, 0) is 0 Å². The summed E-state index contributed by atoms with van der Waals surface area (Å²) in [6.07, 6.45) is -0.717. The highest BCUT2D eigenvalue weighted by Crippen LogP contribution is 2.22. The molecule has 72 valence electrons. The molecule has 4 N–H and O–H groups in total. The molecule has 0 fully saturated rings. The monoisotopic (exact) mass is 181 g/mol. The Labute approximate surface area is 77.8 Å². The zero-order valence-corrected chi connectivity index (χ0v) is 7.86. The van der Waals surface area contributed by atoms with Crippen molar-refractivity contribution in [3.63, 3.8) is 0 Å². The van der Waals surface area contributed by atoms with Gasteiger partial charge in [-0.25, -0.2) is 0 Å². The standard InChI is InChI=1S/C10H15NO2/c1-6-3-8(5-9(12)4-6)10(13)7(2)11/h3-5,7,10,12-13H,11H2,1-2H3. The van der Waals surface area contributed by atoms with Gasteiger partial charge < -0.3 is 15.9 Å². The van der Waals surface area contributed by atoms with Crippen molar-refractivity contribution < 1.29 is 10.2 Å². The van der Waals surface area contributed by atoms with E-state index in [9.17, 15) is 10.2 Å². The summed E-state index contributed by atoms with van der Waals surface area (Å²) < 4.78 is 0. The number of nitrogens with two attached hydrogens (primary N) is 1. The minimum Gasteiger partial charge on any atom is -0.508 e. The van der Waals surface area contributed by atoms with Crippen LogP contribution in [0.2, 0.25) is 0 Å². The minimum absolute atomic E-state index is 0.162. The summed E-state index contributed by atoms with van der Waals surface area (Å²) in [5, 5.41) is 18.9. The van der Waals surface area contributed by atoms with Crippen molar-refractivity contribution in [1.29, 1.82) is 0 Å². The second-order valence-electron chi connectivity index (χ2n) is 3.41. The number of aliphatic hydroxyl groups excluding tert-OH is 1. The first-order valence-corrected chi connectivity index (χ1v) is 4.25. The third-order valence-corrected chi connectivity index (χ3v) is 1.92. The van der Waals surface area contributed by atoms with Crippen molar-refractivity contribution in [3.8, 4) is 5.75 Å². The van der Waals surface area contributed by atoms with E-state index in [2.05, 4.69) is 0 Å². The Hall–Kier alpha value is -1.06. The van der Waals surface area contributed by atoms with Crippen LogP contribution in [0.5, 0.6) is 5.75 Å². The molecule has 3 heteroatoms. The molecular formula is C10H15NO2. The summed E-state index contributed by atoms with van der Waals surface area (Å²) in [5.74, 6) is 0.162.